The van der Waals surface area contributed by atoms with Crippen LogP contribution in [0.5, 0.6) is 0 Å². The van der Waals surface area contributed by atoms with E-state index in [1.165, 1.54) is 21.9 Å². The molecule has 24 heavy (non-hydrogen) atoms. The average molecular weight is 337 g/mol. The van der Waals surface area contributed by atoms with Crippen LogP contribution in [0, 0.1) is 5.82 Å². The largest absolute Gasteiger partial charge is 0.481 e. The van der Waals surface area contributed by atoms with E-state index >= 15 is 0 Å². The number of hydrogen-bond acceptors (Lipinski definition) is 3. The van der Waals surface area contributed by atoms with Crippen molar-refractivity contribution >= 4 is 23.6 Å². The highest BCUT2D eigenvalue weighted by atomic mass is 19.1. The van der Waals surface area contributed by atoms with E-state index in [-0.39, 0.29) is 30.6 Å². The maximum atomic E-state index is 14.1. The number of benzene rings is 1. The summed E-state index contributed by atoms with van der Waals surface area (Å²) < 4.78 is 14.1. The third-order valence-corrected chi connectivity index (χ3v) is 3.80. The Hall–Kier alpha value is -2.64. The van der Waals surface area contributed by atoms with E-state index in [0.717, 1.165) is 6.07 Å². The van der Waals surface area contributed by atoms with Crippen molar-refractivity contribution in [2.45, 2.75) is 26.3 Å². The summed E-state index contributed by atoms with van der Waals surface area (Å²) in [5.41, 5.74) is 0.253. The highest BCUT2D eigenvalue weighted by molar-refractivity contribution is 5.98. The van der Waals surface area contributed by atoms with Crippen molar-refractivity contribution in [3.8, 4) is 0 Å². The number of nitrogens with zero attached hydrogens (tertiary/aromatic N) is 2. The van der Waals surface area contributed by atoms with Crippen LogP contribution in [0.3, 0.4) is 0 Å². The van der Waals surface area contributed by atoms with Crippen molar-refractivity contribution in [2.24, 2.45) is 0 Å². The highest BCUT2D eigenvalue weighted by Gasteiger charge is 2.26. The predicted octanol–water partition coefficient (Wildman–Crippen LogP) is 1.68. The second-order valence-corrected chi connectivity index (χ2v) is 5.78. The second-order valence-electron chi connectivity index (χ2n) is 5.78. The van der Waals surface area contributed by atoms with Crippen molar-refractivity contribution in [3.05, 3.63) is 29.6 Å². The number of anilines is 1. The quantitative estimate of drug-likeness (QED) is 0.826. The van der Waals surface area contributed by atoms with Crippen LogP contribution >= 0.6 is 0 Å². The molecule has 0 atom stereocenters. The smallest absolute Gasteiger partial charge is 0.321 e. The number of carbonyl (C=O) groups excluding carboxylic acids is 2. The summed E-state index contributed by atoms with van der Waals surface area (Å²) >= 11 is 0. The Morgan fingerprint density at radius 1 is 1.42 bits per heavy atom. The van der Waals surface area contributed by atoms with E-state index in [1.54, 1.807) is 13.8 Å². The minimum atomic E-state index is -1.03. The van der Waals surface area contributed by atoms with Crippen molar-refractivity contribution < 1.29 is 23.9 Å². The molecule has 8 heteroatoms. The van der Waals surface area contributed by atoms with Gasteiger partial charge in [0.2, 0.25) is 0 Å². The third kappa shape index (κ3) is 3.81. The van der Waals surface area contributed by atoms with Crippen molar-refractivity contribution in [2.75, 3.05) is 24.5 Å². The van der Waals surface area contributed by atoms with Crippen LogP contribution in [0.2, 0.25) is 0 Å². The molecule has 0 radical (unpaired) electrons. The van der Waals surface area contributed by atoms with Gasteiger partial charge in [-0.15, -0.1) is 0 Å². The van der Waals surface area contributed by atoms with Gasteiger partial charge in [0.15, 0.2) is 0 Å². The minimum absolute atomic E-state index is 0.0142. The van der Waals surface area contributed by atoms with Gasteiger partial charge in [0.05, 0.1) is 12.0 Å². The molecule has 0 aliphatic carbocycles. The first-order chi connectivity index (χ1) is 11.3. The number of amides is 3. The molecule has 1 heterocycles. The van der Waals surface area contributed by atoms with Gasteiger partial charge in [-0.1, -0.05) is 0 Å². The molecular weight excluding hydrogens is 317 g/mol. The number of hydrogen-bond donors (Lipinski definition) is 2. The highest BCUT2D eigenvalue weighted by Crippen LogP contribution is 2.22. The maximum Gasteiger partial charge on any atom is 0.321 e. The molecule has 0 saturated carbocycles. The van der Waals surface area contributed by atoms with E-state index < -0.39 is 17.7 Å². The Bertz CT molecular complexity index is 663. The first kappa shape index (κ1) is 17.7. The minimum Gasteiger partial charge on any atom is -0.481 e. The van der Waals surface area contributed by atoms with Gasteiger partial charge in [-0.25, -0.2) is 9.18 Å². The molecule has 1 aliphatic rings. The zero-order valence-electron chi connectivity index (χ0n) is 13.6. The van der Waals surface area contributed by atoms with E-state index in [1.807, 2.05) is 0 Å². The second kappa shape index (κ2) is 7.29. The molecule has 2 rings (SSSR count). The Labute approximate surface area is 139 Å². The molecule has 1 aliphatic heterocycles. The molecule has 130 valence electrons. The summed E-state index contributed by atoms with van der Waals surface area (Å²) in [6.45, 7) is 4.37. The normalized spacial score (nSPS) is 14.0. The van der Waals surface area contributed by atoms with Crippen molar-refractivity contribution in [3.63, 3.8) is 0 Å². The zero-order chi connectivity index (χ0) is 17.9. The summed E-state index contributed by atoms with van der Waals surface area (Å²) in [5.74, 6) is -2.33. The lowest BCUT2D eigenvalue weighted by Gasteiger charge is -2.27. The Morgan fingerprint density at radius 2 is 2.12 bits per heavy atom. The van der Waals surface area contributed by atoms with E-state index in [9.17, 15) is 18.8 Å². The number of nitrogens with one attached hydrogen (secondary N) is 1. The van der Waals surface area contributed by atoms with E-state index in [2.05, 4.69) is 5.32 Å². The molecule has 0 spiro atoms. The standard InChI is InChI=1S/C16H20FN3O4/c1-10(2)19(7-5-14(21)22)15(23)12-9-11(3-4-13(12)17)20-8-6-18-16(20)24/h3-4,9-10H,5-8H2,1-2H3,(H,18,24)(H,21,22). The third-order valence-electron chi connectivity index (χ3n) is 3.80. The lowest BCUT2D eigenvalue weighted by atomic mass is 10.1. The first-order valence-electron chi connectivity index (χ1n) is 7.69. The van der Waals surface area contributed by atoms with Crippen molar-refractivity contribution in [1.29, 1.82) is 0 Å². The fraction of sp³-hybridized carbons (Fsp3) is 0.438. The Kier molecular flexibility index (Phi) is 5.38. The molecule has 1 aromatic carbocycles. The molecule has 0 aromatic heterocycles. The van der Waals surface area contributed by atoms with E-state index in [0.29, 0.717) is 18.8 Å². The number of carboxylic acids is 1. The monoisotopic (exact) mass is 337 g/mol. The van der Waals surface area contributed by atoms with Gasteiger partial charge >= 0.3 is 12.0 Å². The SMILES string of the molecule is CC(C)N(CCC(=O)O)C(=O)c1cc(N2CCNC2=O)ccc1F. The number of carbonyl (C=O) groups is 3. The fourth-order valence-electron chi connectivity index (χ4n) is 2.53. The van der Waals surface area contributed by atoms with Crippen LogP contribution in [-0.2, 0) is 4.79 Å². The van der Waals surface area contributed by atoms with Crippen LogP contribution in [0.25, 0.3) is 0 Å². The number of aliphatic carboxylic acids is 1. The lowest BCUT2D eigenvalue weighted by molar-refractivity contribution is -0.137. The fourth-order valence-corrected chi connectivity index (χ4v) is 2.53. The van der Waals surface area contributed by atoms with Crippen LogP contribution in [-0.4, -0.2) is 53.6 Å². The van der Waals surface area contributed by atoms with Gasteiger partial charge in [0.25, 0.3) is 5.91 Å². The van der Waals surface area contributed by atoms with Crippen LogP contribution < -0.4 is 10.2 Å². The maximum absolute atomic E-state index is 14.1. The molecule has 1 aromatic rings. The molecule has 2 N–H and O–H groups in total. The molecule has 3 amide bonds. The van der Waals surface area contributed by atoms with E-state index in [4.69, 9.17) is 5.11 Å². The number of rotatable bonds is 6. The van der Waals surface area contributed by atoms with Crippen LogP contribution in [0.15, 0.2) is 18.2 Å². The van der Waals surface area contributed by atoms with Crippen LogP contribution in [0.4, 0.5) is 14.9 Å². The summed E-state index contributed by atoms with van der Waals surface area (Å²) in [5, 5.41) is 11.4. The van der Waals surface area contributed by atoms with Gasteiger partial charge in [0.1, 0.15) is 5.82 Å². The van der Waals surface area contributed by atoms with Gasteiger partial charge in [-0.05, 0) is 32.0 Å². The van der Waals surface area contributed by atoms with Crippen molar-refractivity contribution in [1.82, 2.24) is 10.2 Å². The predicted molar refractivity (Wildman–Crippen MR) is 85.6 cm³/mol. The Balaban J connectivity index is 2.29. The molecular formula is C16H20FN3O4. The number of carboxylic acid groups (broad SMARTS) is 1. The molecule has 0 bridgehead atoms. The van der Waals surface area contributed by atoms with Gasteiger partial charge < -0.3 is 15.3 Å². The number of urea groups is 1. The molecule has 1 fully saturated rings. The number of halogens is 1. The topological polar surface area (TPSA) is 90.0 Å². The van der Waals surface area contributed by atoms with Gasteiger partial charge in [0, 0.05) is 31.4 Å². The summed E-state index contributed by atoms with van der Waals surface area (Å²) in [6, 6.07) is 3.33. The molecule has 0 unspecified atom stereocenters. The van der Waals surface area contributed by atoms with Gasteiger partial charge in [-0.3, -0.25) is 14.5 Å². The summed E-state index contributed by atoms with van der Waals surface area (Å²) in [6.07, 6.45) is -0.222. The first-order valence-corrected chi connectivity index (χ1v) is 7.69. The summed E-state index contributed by atoms with van der Waals surface area (Å²) in [4.78, 5) is 37.8. The van der Waals surface area contributed by atoms with Crippen LogP contribution in [0.1, 0.15) is 30.6 Å². The lowest BCUT2D eigenvalue weighted by Crippen LogP contribution is -2.39. The average Bonchev–Trinajstić information content (AvgIpc) is 2.93. The summed E-state index contributed by atoms with van der Waals surface area (Å²) in [7, 11) is 0. The zero-order valence-corrected chi connectivity index (χ0v) is 13.6. The van der Waals surface area contributed by atoms with Gasteiger partial charge in [-0.2, -0.15) is 0 Å². The Morgan fingerprint density at radius 3 is 2.67 bits per heavy atom. The molecule has 1 saturated heterocycles. The molecule has 7 nitrogen and oxygen atoms in total.